The van der Waals surface area contributed by atoms with Gasteiger partial charge in [-0.1, -0.05) is 19.9 Å². The Morgan fingerprint density at radius 1 is 1.40 bits per heavy atom. The Kier molecular flexibility index (Phi) is 4.46. The van der Waals surface area contributed by atoms with Crippen molar-refractivity contribution < 1.29 is 17.9 Å². The van der Waals surface area contributed by atoms with Gasteiger partial charge in [0.15, 0.2) is 0 Å². The summed E-state index contributed by atoms with van der Waals surface area (Å²) in [5, 5.41) is 9.09. The molecule has 1 aromatic rings. The van der Waals surface area contributed by atoms with Crippen molar-refractivity contribution in [1.29, 1.82) is 0 Å². The van der Waals surface area contributed by atoms with Crippen LogP contribution in [0.25, 0.3) is 0 Å². The highest BCUT2D eigenvalue weighted by molar-refractivity contribution is 7.89. The van der Waals surface area contributed by atoms with Crippen molar-refractivity contribution in [2.45, 2.75) is 44.2 Å². The maximum absolute atomic E-state index is 13.9. The Hall–Kier alpha value is -0.980. The molecule has 2 rings (SSSR count). The van der Waals surface area contributed by atoms with Gasteiger partial charge in [-0.15, -0.1) is 0 Å². The molecule has 0 aromatic heterocycles. The molecule has 0 amide bonds. The van der Waals surface area contributed by atoms with Gasteiger partial charge >= 0.3 is 0 Å². The quantitative estimate of drug-likeness (QED) is 0.875. The predicted molar refractivity (Wildman–Crippen MR) is 74.1 cm³/mol. The van der Waals surface area contributed by atoms with E-state index in [0.29, 0.717) is 12.1 Å². The molecule has 1 saturated carbocycles. The van der Waals surface area contributed by atoms with E-state index in [0.717, 1.165) is 18.9 Å². The van der Waals surface area contributed by atoms with Crippen molar-refractivity contribution in [3.8, 4) is 0 Å². The van der Waals surface area contributed by atoms with Crippen molar-refractivity contribution >= 4 is 10.0 Å². The first kappa shape index (κ1) is 15.4. The molecular weight excluding hydrogens is 281 g/mol. The smallest absolute Gasteiger partial charge is 0.246 e. The van der Waals surface area contributed by atoms with Crippen molar-refractivity contribution in [2.75, 3.05) is 6.54 Å². The van der Waals surface area contributed by atoms with Crippen LogP contribution in [0.2, 0.25) is 0 Å². The van der Waals surface area contributed by atoms with E-state index in [1.54, 1.807) is 0 Å². The Labute approximate surface area is 119 Å². The van der Waals surface area contributed by atoms with Crippen molar-refractivity contribution in [3.63, 3.8) is 0 Å². The van der Waals surface area contributed by atoms with Crippen LogP contribution in [0.3, 0.4) is 0 Å². The highest BCUT2D eigenvalue weighted by Crippen LogP contribution is 2.33. The Bertz CT molecular complexity index is 582. The van der Waals surface area contributed by atoms with Gasteiger partial charge in [-0.25, -0.2) is 12.8 Å². The molecule has 1 N–H and O–H groups in total. The number of hydrogen-bond acceptors (Lipinski definition) is 3. The largest absolute Gasteiger partial charge is 0.392 e. The molecule has 0 aliphatic heterocycles. The summed E-state index contributed by atoms with van der Waals surface area (Å²) < 4.78 is 40.6. The predicted octanol–water partition coefficient (Wildman–Crippen LogP) is 2.13. The first-order valence-electron chi connectivity index (χ1n) is 6.77. The molecule has 6 heteroatoms. The molecule has 1 fully saturated rings. The van der Waals surface area contributed by atoms with E-state index < -0.39 is 15.8 Å². The minimum absolute atomic E-state index is 0.0143. The minimum atomic E-state index is -3.85. The Morgan fingerprint density at radius 3 is 2.55 bits per heavy atom. The van der Waals surface area contributed by atoms with Crippen LogP contribution in [-0.4, -0.2) is 30.4 Å². The lowest BCUT2D eigenvalue weighted by atomic mass is 10.2. The average molecular weight is 301 g/mol. The zero-order chi connectivity index (χ0) is 14.9. The monoisotopic (exact) mass is 301 g/mol. The molecule has 4 nitrogen and oxygen atoms in total. The van der Waals surface area contributed by atoms with Gasteiger partial charge in [0, 0.05) is 12.6 Å². The second-order valence-corrected chi connectivity index (χ2v) is 7.48. The summed E-state index contributed by atoms with van der Waals surface area (Å²) in [4.78, 5) is -0.336. The zero-order valence-electron chi connectivity index (χ0n) is 11.7. The number of hydrogen-bond donors (Lipinski definition) is 1. The lowest BCUT2D eigenvalue weighted by Crippen LogP contribution is -2.36. The van der Waals surface area contributed by atoms with Gasteiger partial charge in [-0.3, -0.25) is 0 Å². The first-order valence-corrected chi connectivity index (χ1v) is 8.21. The van der Waals surface area contributed by atoms with Gasteiger partial charge < -0.3 is 5.11 Å². The molecule has 0 heterocycles. The van der Waals surface area contributed by atoms with Gasteiger partial charge in [0.2, 0.25) is 10.0 Å². The van der Waals surface area contributed by atoms with Gasteiger partial charge in [0.1, 0.15) is 10.7 Å². The van der Waals surface area contributed by atoms with Crippen LogP contribution < -0.4 is 0 Å². The van der Waals surface area contributed by atoms with Crippen LogP contribution in [0.4, 0.5) is 4.39 Å². The van der Waals surface area contributed by atoms with E-state index >= 15 is 0 Å². The minimum Gasteiger partial charge on any atom is -0.392 e. The normalized spacial score (nSPS) is 16.1. The number of aliphatic hydroxyl groups is 1. The first-order chi connectivity index (χ1) is 9.36. The summed E-state index contributed by atoms with van der Waals surface area (Å²) in [5.74, 6) is -0.592. The zero-order valence-corrected chi connectivity index (χ0v) is 12.5. The SMILES string of the molecule is CC(C)CN(C1CC1)S(=O)(=O)c1cc(CO)ccc1F. The second kappa shape index (κ2) is 5.79. The summed E-state index contributed by atoms with van der Waals surface area (Å²) >= 11 is 0. The molecule has 0 radical (unpaired) electrons. The third kappa shape index (κ3) is 3.19. The van der Waals surface area contributed by atoms with E-state index in [9.17, 15) is 12.8 Å². The van der Waals surface area contributed by atoms with Gasteiger partial charge in [0.05, 0.1) is 6.61 Å². The number of rotatable bonds is 6. The fourth-order valence-electron chi connectivity index (χ4n) is 2.14. The van der Waals surface area contributed by atoms with Crippen LogP contribution in [-0.2, 0) is 16.6 Å². The number of nitrogens with zero attached hydrogens (tertiary/aromatic N) is 1. The molecule has 0 unspecified atom stereocenters. The van der Waals surface area contributed by atoms with Crippen molar-refractivity contribution in [2.24, 2.45) is 5.92 Å². The summed E-state index contributed by atoms with van der Waals surface area (Å²) in [6.07, 6.45) is 1.65. The van der Waals surface area contributed by atoms with Gasteiger partial charge in [-0.05, 0) is 36.5 Å². The van der Waals surface area contributed by atoms with E-state index in [4.69, 9.17) is 5.11 Å². The number of aliphatic hydroxyl groups excluding tert-OH is 1. The maximum Gasteiger partial charge on any atom is 0.246 e. The molecule has 0 atom stereocenters. The molecule has 0 saturated heterocycles. The van der Waals surface area contributed by atoms with E-state index in [-0.39, 0.29) is 23.5 Å². The standard InChI is InChI=1S/C14H20FNO3S/c1-10(2)8-16(12-4-5-12)20(18,19)14-7-11(9-17)3-6-13(14)15/h3,6-7,10,12,17H,4-5,8-9H2,1-2H3. The third-order valence-electron chi connectivity index (χ3n) is 3.26. The highest BCUT2D eigenvalue weighted by Gasteiger charge is 2.39. The van der Waals surface area contributed by atoms with Crippen molar-refractivity contribution in [1.82, 2.24) is 4.31 Å². The van der Waals surface area contributed by atoms with E-state index in [1.165, 1.54) is 16.4 Å². The fourth-order valence-corrected chi connectivity index (χ4v) is 4.10. The molecule has 20 heavy (non-hydrogen) atoms. The van der Waals surface area contributed by atoms with E-state index in [1.807, 2.05) is 13.8 Å². The average Bonchev–Trinajstić information content (AvgIpc) is 3.20. The molecule has 112 valence electrons. The van der Waals surface area contributed by atoms with Gasteiger partial charge in [-0.2, -0.15) is 4.31 Å². The second-order valence-electron chi connectivity index (χ2n) is 5.62. The molecular formula is C14H20FNO3S. The fraction of sp³-hybridized carbons (Fsp3) is 0.571. The summed E-state index contributed by atoms with van der Waals surface area (Å²) in [5.41, 5.74) is 0.394. The van der Waals surface area contributed by atoms with Crippen LogP contribution >= 0.6 is 0 Å². The van der Waals surface area contributed by atoms with Crippen molar-refractivity contribution in [3.05, 3.63) is 29.6 Å². The summed E-state index contributed by atoms with van der Waals surface area (Å²) in [6.45, 7) is 3.95. The molecule has 0 bridgehead atoms. The Balaban J connectivity index is 2.41. The lowest BCUT2D eigenvalue weighted by molar-refractivity contribution is 0.281. The molecule has 0 spiro atoms. The van der Waals surface area contributed by atoms with Crippen LogP contribution in [0.15, 0.2) is 23.1 Å². The van der Waals surface area contributed by atoms with E-state index in [2.05, 4.69) is 0 Å². The summed E-state index contributed by atoms with van der Waals surface area (Å²) in [7, 11) is -3.85. The molecule has 1 aliphatic carbocycles. The summed E-state index contributed by atoms with van der Waals surface area (Å²) in [6, 6.07) is 3.69. The highest BCUT2D eigenvalue weighted by atomic mass is 32.2. The van der Waals surface area contributed by atoms with Gasteiger partial charge in [0.25, 0.3) is 0 Å². The number of sulfonamides is 1. The third-order valence-corrected chi connectivity index (χ3v) is 5.20. The topological polar surface area (TPSA) is 57.6 Å². The van der Waals surface area contributed by atoms with Crippen LogP contribution in [0.1, 0.15) is 32.3 Å². The maximum atomic E-state index is 13.9. The van der Waals surface area contributed by atoms with Crippen LogP contribution in [0, 0.1) is 11.7 Å². The van der Waals surface area contributed by atoms with Crippen LogP contribution in [0.5, 0.6) is 0 Å². The molecule has 1 aromatic carbocycles. The number of benzene rings is 1. The number of halogens is 1. The molecule has 1 aliphatic rings. The lowest BCUT2D eigenvalue weighted by Gasteiger charge is -2.24. The Morgan fingerprint density at radius 2 is 2.05 bits per heavy atom.